The lowest BCUT2D eigenvalue weighted by Crippen LogP contribution is -2.31. The number of para-hydroxylation sites is 1. The normalized spacial score (nSPS) is 15.1. The number of nitrogens with zero attached hydrogens (tertiary/aromatic N) is 3. The van der Waals surface area contributed by atoms with Crippen molar-refractivity contribution in [1.29, 1.82) is 0 Å². The molecule has 1 aliphatic heterocycles. The van der Waals surface area contributed by atoms with Gasteiger partial charge in [-0.05, 0) is 51.4 Å². The second kappa shape index (κ2) is 8.11. The molecule has 25 heavy (non-hydrogen) atoms. The molecule has 2 heterocycles. The maximum Gasteiger partial charge on any atom is 0.273 e. The standard InChI is InChI=1S/C18H25N5O2/c1-13-5-3-4-6-16(13)25-12-11-20-18(24)17-14(2)23(22-21-17)15-7-9-19-10-8-15/h3-6,15,19H,7-12H2,1-2H3,(H,20,24). The third kappa shape index (κ3) is 4.17. The van der Waals surface area contributed by atoms with E-state index in [-0.39, 0.29) is 5.91 Å². The van der Waals surface area contributed by atoms with Crippen LogP contribution >= 0.6 is 0 Å². The van der Waals surface area contributed by atoms with E-state index in [0.29, 0.717) is 24.9 Å². The number of amides is 1. The topological polar surface area (TPSA) is 81.1 Å². The molecule has 0 unspecified atom stereocenters. The smallest absolute Gasteiger partial charge is 0.273 e. The molecular formula is C18H25N5O2. The van der Waals surface area contributed by atoms with E-state index >= 15 is 0 Å². The van der Waals surface area contributed by atoms with Crippen LogP contribution in [0.3, 0.4) is 0 Å². The Kier molecular flexibility index (Phi) is 5.65. The van der Waals surface area contributed by atoms with Gasteiger partial charge in [-0.25, -0.2) is 4.68 Å². The molecule has 134 valence electrons. The minimum atomic E-state index is -0.203. The van der Waals surface area contributed by atoms with Gasteiger partial charge in [-0.2, -0.15) is 0 Å². The number of hydrogen-bond donors (Lipinski definition) is 2. The lowest BCUT2D eigenvalue weighted by atomic mass is 10.1. The first kappa shape index (κ1) is 17.4. The van der Waals surface area contributed by atoms with E-state index in [1.54, 1.807) is 0 Å². The first-order chi connectivity index (χ1) is 12.2. The van der Waals surface area contributed by atoms with Crippen LogP contribution < -0.4 is 15.4 Å². The van der Waals surface area contributed by atoms with Gasteiger partial charge in [0, 0.05) is 0 Å². The third-order valence-electron chi connectivity index (χ3n) is 4.54. The lowest BCUT2D eigenvalue weighted by Gasteiger charge is -2.23. The third-order valence-corrected chi connectivity index (χ3v) is 4.54. The van der Waals surface area contributed by atoms with Crippen LogP contribution in [0, 0.1) is 13.8 Å². The first-order valence-electron chi connectivity index (χ1n) is 8.76. The zero-order valence-corrected chi connectivity index (χ0v) is 14.8. The van der Waals surface area contributed by atoms with Gasteiger partial charge in [-0.15, -0.1) is 5.10 Å². The number of benzene rings is 1. The van der Waals surface area contributed by atoms with E-state index in [9.17, 15) is 4.79 Å². The molecule has 0 aliphatic carbocycles. The van der Waals surface area contributed by atoms with Gasteiger partial charge in [0.25, 0.3) is 5.91 Å². The van der Waals surface area contributed by atoms with Crippen LogP contribution in [-0.4, -0.2) is 47.1 Å². The Balaban J connectivity index is 1.51. The molecule has 1 aromatic carbocycles. The molecule has 7 heteroatoms. The highest BCUT2D eigenvalue weighted by Gasteiger charge is 2.22. The summed E-state index contributed by atoms with van der Waals surface area (Å²) < 4.78 is 7.58. The van der Waals surface area contributed by atoms with E-state index in [2.05, 4.69) is 20.9 Å². The Hall–Kier alpha value is -2.41. The van der Waals surface area contributed by atoms with E-state index in [1.807, 2.05) is 42.8 Å². The number of hydrogen-bond acceptors (Lipinski definition) is 5. The summed E-state index contributed by atoms with van der Waals surface area (Å²) in [5, 5.41) is 14.5. The van der Waals surface area contributed by atoms with Crippen LogP contribution in [-0.2, 0) is 0 Å². The molecule has 1 aromatic heterocycles. The molecule has 1 saturated heterocycles. The summed E-state index contributed by atoms with van der Waals surface area (Å²) in [6, 6.07) is 8.14. The second-order valence-electron chi connectivity index (χ2n) is 6.32. The van der Waals surface area contributed by atoms with Crippen LogP contribution in [0.15, 0.2) is 24.3 Å². The van der Waals surface area contributed by atoms with Gasteiger partial charge in [0.2, 0.25) is 0 Å². The largest absolute Gasteiger partial charge is 0.491 e. The molecule has 0 saturated carbocycles. The molecule has 7 nitrogen and oxygen atoms in total. The van der Waals surface area contributed by atoms with Crippen LogP contribution in [0.1, 0.15) is 40.6 Å². The summed E-state index contributed by atoms with van der Waals surface area (Å²) in [5.41, 5.74) is 2.30. The number of carbonyl (C=O) groups excluding carboxylic acids is 1. The Bertz CT molecular complexity index is 722. The van der Waals surface area contributed by atoms with Crippen molar-refractivity contribution >= 4 is 5.91 Å². The predicted molar refractivity (Wildman–Crippen MR) is 94.9 cm³/mol. The number of aromatic nitrogens is 3. The summed E-state index contributed by atoms with van der Waals surface area (Å²) in [6.07, 6.45) is 2.02. The fourth-order valence-electron chi connectivity index (χ4n) is 3.08. The number of aryl methyl sites for hydroxylation is 1. The van der Waals surface area contributed by atoms with Crippen LogP contribution in [0.4, 0.5) is 0 Å². The van der Waals surface area contributed by atoms with Crippen molar-refractivity contribution in [2.75, 3.05) is 26.2 Å². The van der Waals surface area contributed by atoms with Gasteiger partial charge in [-0.1, -0.05) is 23.4 Å². The van der Waals surface area contributed by atoms with Gasteiger partial charge >= 0.3 is 0 Å². The maximum absolute atomic E-state index is 12.3. The van der Waals surface area contributed by atoms with Crippen LogP contribution in [0.5, 0.6) is 5.75 Å². The van der Waals surface area contributed by atoms with E-state index in [4.69, 9.17) is 4.74 Å². The van der Waals surface area contributed by atoms with E-state index in [0.717, 1.165) is 42.9 Å². The fourth-order valence-corrected chi connectivity index (χ4v) is 3.08. The lowest BCUT2D eigenvalue weighted by molar-refractivity contribution is 0.0941. The number of nitrogens with one attached hydrogen (secondary N) is 2. The van der Waals surface area contributed by atoms with Crippen molar-refractivity contribution in [2.45, 2.75) is 32.7 Å². The zero-order valence-electron chi connectivity index (χ0n) is 14.8. The van der Waals surface area contributed by atoms with Crippen molar-refractivity contribution in [1.82, 2.24) is 25.6 Å². The van der Waals surface area contributed by atoms with Gasteiger partial charge in [0.1, 0.15) is 12.4 Å². The summed E-state index contributed by atoms with van der Waals surface area (Å²) in [4.78, 5) is 12.3. The van der Waals surface area contributed by atoms with E-state index < -0.39 is 0 Å². The molecule has 2 aromatic rings. The molecule has 3 rings (SSSR count). The average Bonchev–Trinajstić information content (AvgIpc) is 3.02. The summed E-state index contributed by atoms with van der Waals surface area (Å²) in [7, 11) is 0. The molecule has 0 bridgehead atoms. The van der Waals surface area contributed by atoms with Crippen LogP contribution in [0.25, 0.3) is 0 Å². The molecular weight excluding hydrogens is 318 g/mol. The number of piperidine rings is 1. The van der Waals surface area contributed by atoms with Crippen molar-refractivity contribution in [3.63, 3.8) is 0 Å². The van der Waals surface area contributed by atoms with Crippen molar-refractivity contribution in [3.8, 4) is 5.75 Å². The molecule has 2 N–H and O–H groups in total. The Morgan fingerprint density at radius 1 is 1.32 bits per heavy atom. The summed E-state index contributed by atoms with van der Waals surface area (Å²) in [5.74, 6) is 0.635. The van der Waals surface area contributed by atoms with Crippen molar-refractivity contribution < 1.29 is 9.53 Å². The molecule has 1 amide bonds. The molecule has 0 atom stereocenters. The maximum atomic E-state index is 12.3. The first-order valence-corrected chi connectivity index (χ1v) is 8.76. The van der Waals surface area contributed by atoms with Gasteiger partial charge in [0.15, 0.2) is 5.69 Å². The van der Waals surface area contributed by atoms with Gasteiger partial charge in [0.05, 0.1) is 18.3 Å². The minimum Gasteiger partial charge on any atom is -0.491 e. The van der Waals surface area contributed by atoms with Crippen molar-refractivity contribution in [2.24, 2.45) is 0 Å². The van der Waals surface area contributed by atoms with E-state index in [1.165, 1.54) is 0 Å². The number of ether oxygens (including phenoxy) is 1. The zero-order chi connectivity index (χ0) is 17.6. The van der Waals surface area contributed by atoms with Crippen molar-refractivity contribution in [3.05, 3.63) is 41.2 Å². The van der Waals surface area contributed by atoms with Gasteiger partial charge < -0.3 is 15.4 Å². The fraction of sp³-hybridized carbons (Fsp3) is 0.500. The number of rotatable bonds is 6. The minimum absolute atomic E-state index is 0.203. The van der Waals surface area contributed by atoms with Crippen LogP contribution in [0.2, 0.25) is 0 Å². The Morgan fingerprint density at radius 2 is 2.08 bits per heavy atom. The second-order valence-corrected chi connectivity index (χ2v) is 6.32. The SMILES string of the molecule is Cc1ccccc1OCCNC(=O)c1nnn(C2CCNCC2)c1C. The molecule has 1 fully saturated rings. The molecule has 0 spiro atoms. The average molecular weight is 343 g/mol. The van der Waals surface area contributed by atoms with Gasteiger partial charge in [-0.3, -0.25) is 4.79 Å². The monoisotopic (exact) mass is 343 g/mol. The molecule has 0 radical (unpaired) electrons. The highest BCUT2D eigenvalue weighted by molar-refractivity contribution is 5.93. The highest BCUT2D eigenvalue weighted by atomic mass is 16.5. The highest BCUT2D eigenvalue weighted by Crippen LogP contribution is 2.20. The quantitative estimate of drug-likeness (QED) is 0.779. The Labute approximate surface area is 147 Å². The summed E-state index contributed by atoms with van der Waals surface area (Å²) >= 11 is 0. The summed E-state index contributed by atoms with van der Waals surface area (Å²) in [6.45, 7) is 6.69. The predicted octanol–water partition coefficient (Wildman–Crippen LogP) is 1.63. The molecule has 1 aliphatic rings. The Morgan fingerprint density at radius 3 is 2.84 bits per heavy atom. The number of carbonyl (C=O) groups is 1.